The third kappa shape index (κ3) is 4.13. The zero-order valence-electron chi connectivity index (χ0n) is 13.9. The number of benzene rings is 1. The molecule has 0 bridgehead atoms. The standard InChI is InChI=1S/C17H22N2O4S/c1-13(2)14-3-5-16(6-4-14)24(21,22)19-10-7-15(8-11-19)17(20)23-12-9-18/h3-6,13,15H,7-8,10-12H2,1-2H3. The molecule has 1 fully saturated rings. The summed E-state index contributed by atoms with van der Waals surface area (Å²) in [5.74, 6) is -0.417. The Balaban J connectivity index is 2.02. The first-order valence-corrected chi connectivity index (χ1v) is 9.44. The predicted octanol–water partition coefficient (Wildman–Crippen LogP) is 2.28. The van der Waals surface area contributed by atoms with Crippen LogP contribution in [0.15, 0.2) is 29.2 Å². The Labute approximate surface area is 143 Å². The average molecular weight is 350 g/mol. The number of carbonyl (C=O) groups excluding carboxylic acids is 1. The molecule has 24 heavy (non-hydrogen) atoms. The number of esters is 1. The Morgan fingerprint density at radius 1 is 1.29 bits per heavy atom. The van der Waals surface area contributed by atoms with Gasteiger partial charge in [-0.2, -0.15) is 9.57 Å². The molecule has 0 spiro atoms. The molecule has 0 N–H and O–H groups in total. The summed E-state index contributed by atoms with van der Waals surface area (Å²) in [5, 5.41) is 8.43. The Bertz CT molecular complexity index is 712. The van der Waals surface area contributed by atoms with Crippen LogP contribution in [0.3, 0.4) is 0 Å². The highest BCUT2D eigenvalue weighted by Crippen LogP contribution is 2.25. The average Bonchev–Trinajstić information content (AvgIpc) is 2.59. The number of hydrogen-bond acceptors (Lipinski definition) is 5. The fraction of sp³-hybridized carbons (Fsp3) is 0.529. The Morgan fingerprint density at radius 3 is 2.38 bits per heavy atom. The van der Waals surface area contributed by atoms with E-state index in [-0.39, 0.29) is 30.5 Å². The van der Waals surface area contributed by atoms with E-state index in [4.69, 9.17) is 10.00 Å². The van der Waals surface area contributed by atoms with E-state index in [0.717, 1.165) is 5.56 Å². The Kier molecular flexibility index (Phi) is 5.97. The molecular formula is C17H22N2O4S. The van der Waals surface area contributed by atoms with Crippen molar-refractivity contribution in [2.24, 2.45) is 5.92 Å². The van der Waals surface area contributed by atoms with Gasteiger partial charge in [0.2, 0.25) is 10.0 Å². The smallest absolute Gasteiger partial charge is 0.310 e. The van der Waals surface area contributed by atoms with Gasteiger partial charge in [0.1, 0.15) is 6.07 Å². The molecule has 0 aliphatic carbocycles. The molecule has 0 atom stereocenters. The molecule has 2 rings (SSSR count). The van der Waals surface area contributed by atoms with Crippen LogP contribution in [0.1, 0.15) is 38.2 Å². The molecule has 0 amide bonds. The van der Waals surface area contributed by atoms with Crippen molar-refractivity contribution >= 4 is 16.0 Å². The van der Waals surface area contributed by atoms with Gasteiger partial charge >= 0.3 is 5.97 Å². The summed E-state index contributed by atoms with van der Waals surface area (Å²) < 4.78 is 31.6. The second kappa shape index (κ2) is 7.77. The minimum atomic E-state index is -3.54. The summed E-state index contributed by atoms with van der Waals surface area (Å²) >= 11 is 0. The number of nitriles is 1. The van der Waals surface area contributed by atoms with Crippen molar-refractivity contribution in [3.63, 3.8) is 0 Å². The monoisotopic (exact) mass is 350 g/mol. The molecule has 130 valence electrons. The van der Waals surface area contributed by atoms with Crippen molar-refractivity contribution in [2.75, 3.05) is 19.7 Å². The molecule has 1 aromatic carbocycles. The number of rotatable bonds is 5. The van der Waals surface area contributed by atoms with Crippen molar-refractivity contribution in [1.82, 2.24) is 4.31 Å². The van der Waals surface area contributed by atoms with E-state index in [2.05, 4.69) is 13.8 Å². The third-order valence-corrected chi connectivity index (χ3v) is 6.16. The summed E-state index contributed by atoms with van der Waals surface area (Å²) in [4.78, 5) is 12.0. The number of nitrogens with zero attached hydrogens (tertiary/aromatic N) is 2. The van der Waals surface area contributed by atoms with E-state index >= 15 is 0 Å². The summed E-state index contributed by atoms with van der Waals surface area (Å²) in [6.45, 7) is 4.40. The van der Waals surface area contributed by atoms with Crippen LogP contribution in [0, 0.1) is 17.2 Å². The topological polar surface area (TPSA) is 87.5 Å². The van der Waals surface area contributed by atoms with Crippen LogP contribution in [0.2, 0.25) is 0 Å². The highest BCUT2D eigenvalue weighted by Gasteiger charge is 2.32. The zero-order chi connectivity index (χ0) is 17.7. The maximum absolute atomic E-state index is 12.7. The summed E-state index contributed by atoms with van der Waals surface area (Å²) in [6, 6.07) is 8.70. The minimum Gasteiger partial charge on any atom is -0.450 e. The Morgan fingerprint density at radius 2 is 1.88 bits per heavy atom. The van der Waals surface area contributed by atoms with Crippen LogP contribution in [-0.2, 0) is 19.6 Å². The SMILES string of the molecule is CC(C)c1ccc(S(=O)(=O)N2CCC(C(=O)OCC#N)CC2)cc1. The van der Waals surface area contributed by atoms with E-state index in [1.165, 1.54) is 4.31 Å². The lowest BCUT2D eigenvalue weighted by atomic mass is 9.98. The van der Waals surface area contributed by atoms with E-state index in [1.54, 1.807) is 18.2 Å². The molecule has 1 heterocycles. The lowest BCUT2D eigenvalue weighted by Crippen LogP contribution is -2.40. The van der Waals surface area contributed by atoms with Crippen LogP contribution in [-0.4, -0.2) is 38.4 Å². The van der Waals surface area contributed by atoms with Crippen LogP contribution in [0.25, 0.3) is 0 Å². The number of hydrogen-bond donors (Lipinski definition) is 0. The molecule has 1 aliphatic rings. The predicted molar refractivity (Wildman–Crippen MR) is 88.6 cm³/mol. The van der Waals surface area contributed by atoms with Crippen molar-refractivity contribution in [3.05, 3.63) is 29.8 Å². The van der Waals surface area contributed by atoms with Gasteiger partial charge in [0.25, 0.3) is 0 Å². The first-order chi connectivity index (χ1) is 11.4. The fourth-order valence-electron chi connectivity index (χ4n) is 2.73. The van der Waals surface area contributed by atoms with E-state index in [1.807, 2.05) is 12.1 Å². The molecule has 1 aromatic rings. The van der Waals surface area contributed by atoms with Gasteiger partial charge in [-0.15, -0.1) is 0 Å². The molecule has 7 heteroatoms. The molecule has 1 aliphatic heterocycles. The maximum Gasteiger partial charge on any atom is 0.310 e. The van der Waals surface area contributed by atoms with Gasteiger partial charge in [-0.05, 0) is 36.5 Å². The Hall–Kier alpha value is -1.91. The van der Waals surface area contributed by atoms with E-state index in [9.17, 15) is 13.2 Å². The second-order valence-electron chi connectivity index (χ2n) is 6.17. The third-order valence-electron chi connectivity index (χ3n) is 4.25. The summed E-state index contributed by atoms with van der Waals surface area (Å²) in [7, 11) is -3.54. The number of sulfonamides is 1. The van der Waals surface area contributed by atoms with Crippen molar-refractivity contribution in [3.8, 4) is 6.07 Å². The number of ether oxygens (including phenoxy) is 1. The molecule has 0 unspecified atom stereocenters. The summed E-state index contributed by atoms with van der Waals surface area (Å²) in [6.07, 6.45) is 0.821. The normalized spacial score (nSPS) is 16.8. The van der Waals surface area contributed by atoms with Gasteiger partial charge in [-0.1, -0.05) is 26.0 Å². The zero-order valence-corrected chi connectivity index (χ0v) is 14.8. The fourth-order valence-corrected chi connectivity index (χ4v) is 4.20. The van der Waals surface area contributed by atoms with E-state index < -0.39 is 16.0 Å². The van der Waals surface area contributed by atoms with Crippen LogP contribution in [0.5, 0.6) is 0 Å². The quantitative estimate of drug-likeness (QED) is 0.760. The molecule has 1 saturated heterocycles. The van der Waals surface area contributed by atoms with E-state index in [0.29, 0.717) is 18.8 Å². The number of carbonyl (C=O) groups is 1. The molecule has 0 aromatic heterocycles. The lowest BCUT2D eigenvalue weighted by molar-refractivity contribution is -0.148. The lowest BCUT2D eigenvalue weighted by Gasteiger charge is -2.30. The van der Waals surface area contributed by atoms with Gasteiger partial charge < -0.3 is 4.74 Å². The summed E-state index contributed by atoms with van der Waals surface area (Å²) in [5.41, 5.74) is 1.09. The van der Waals surface area contributed by atoms with Gasteiger partial charge in [-0.25, -0.2) is 8.42 Å². The molecule has 6 nitrogen and oxygen atoms in total. The van der Waals surface area contributed by atoms with Gasteiger partial charge in [0, 0.05) is 13.1 Å². The van der Waals surface area contributed by atoms with Gasteiger partial charge in [-0.3, -0.25) is 4.79 Å². The van der Waals surface area contributed by atoms with Gasteiger partial charge in [0.15, 0.2) is 6.61 Å². The van der Waals surface area contributed by atoms with Crippen LogP contribution < -0.4 is 0 Å². The second-order valence-corrected chi connectivity index (χ2v) is 8.11. The maximum atomic E-state index is 12.7. The van der Waals surface area contributed by atoms with Crippen LogP contribution >= 0.6 is 0 Å². The van der Waals surface area contributed by atoms with Crippen molar-refractivity contribution < 1.29 is 17.9 Å². The highest BCUT2D eigenvalue weighted by molar-refractivity contribution is 7.89. The first kappa shape index (κ1) is 18.4. The van der Waals surface area contributed by atoms with Crippen LogP contribution in [0.4, 0.5) is 0 Å². The molecule has 0 radical (unpaired) electrons. The molecule has 0 saturated carbocycles. The largest absolute Gasteiger partial charge is 0.450 e. The molecular weight excluding hydrogens is 328 g/mol. The van der Waals surface area contributed by atoms with Gasteiger partial charge in [0.05, 0.1) is 10.8 Å². The van der Waals surface area contributed by atoms with Crippen molar-refractivity contribution in [2.45, 2.75) is 37.5 Å². The first-order valence-electron chi connectivity index (χ1n) is 8.00. The highest BCUT2D eigenvalue weighted by atomic mass is 32.2. The van der Waals surface area contributed by atoms with Crippen molar-refractivity contribution in [1.29, 1.82) is 5.26 Å². The minimum absolute atomic E-state index is 0.264. The number of piperidine rings is 1.